The molecule has 2 heterocycles. The predicted octanol–water partition coefficient (Wildman–Crippen LogP) is 4.66. The van der Waals surface area contributed by atoms with E-state index in [4.69, 9.17) is 14.2 Å². The minimum atomic E-state index is -0.898. The first-order valence-electron chi connectivity index (χ1n) is 12.9. The lowest BCUT2D eigenvalue weighted by atomic mass is 10.00. The molecule has 1 aliphatic heterocycles. The Balaban J connectivity index is 1.35. The van der Waals surface area contributed by atoms with Crippen LogP contribution < -0.4 is 5.32 Å². The van der Waals surface area contributed by atoms with Gasteiger partial charge in [-0.25, -0.2) is 4.98 Å². The van der Waals surface area contributed by atoms with Crippen molar-refractivity contribution in [1.82, 2.24) is 9.55 Å². The number of carbonyl (C=O) groups excluding carboxylic acids is 2. The topological polar surface area (TPSA) is 112 Å². The van der Waals surface area contributed by atoms with Crippen molar-refractivity contribution >= 4 is 28.6 Å². The standard InChI is InChI=1S/C30H31N3O6/c1-19(37-20(2)35)29(36)32-24-13-11-23(12-14-24)30-38-25(16-33-18-31-26-5-3-4-6-27(26)33)15-28(39-30)22-9-7-21(17-34)8-10-22/h3-14,18-19,25,28,30,34H,15-17H2,1-2H3,(H,32,36)/t19-,25-,28+,30+/m0/s1. The zero-order valence-electron chi connectivity index (χ0n) is 21.8. The highest BCUT2D eigenvalue weighted by Gasteiger charge is 2.32. The molecule has 9 nitrogen and oxygen atoms in total. The van der Waals surface area contributed by atoms with Crippen LogP contribution >= 0.6 is 0 Å². The van der Waals surface area contributed by atoms with E-state index < -0.39 is 24.3 Å². The van der Waals surface area contributed by atoms with Gasteiger partial charge in [-0.05, 0) is 42.3 Å². The van der Waals surface area contributed by atoms with Gasteiger partial charge in [0.25, 0.3) is 5.91 Å². The Kier molecular flexibility index (Phi) is 8.02. The first-order valence-corrected chi connectivity index (χ1v) is 12.9. The lowest BCUT2D eigenvalue weighted by molar-refractivity contribution is -0.252. The second-order valence-corrected chi connectivity index (χ2v) is 9.60. The number of ether oxygens (including phenoxy) is 3. The van der Waals surface area contributed by atoms with E-state index in [1.54, 1.807) is 12.1 Å². The van der Waals surface area contributed by atoms with Gasteiger partial charge in [-0.1, -0.05) is 48.5 Å². The maximum absolute atomic E-state index is 12.3. The largest absolute Gasteiger partial charge is 0.453 e. The lowest BCUT2D eigenvalue weighted by Crippen LogP contribution is -2.32. The van der Waals surface area contributed by atoms with E-state index in [1.807, 2.05) is 67.0 Å². The first kappa shape index (κ1) is 26.6. The fraction of sp³-hybridized carbons (Fsp3) is 0.300. The van der Waals surface area contributed by atoms with Crippen LogP contribution in [-0.2, 0) is 37.0 Å². The quantitative estimate of drug-likeness (QED) is 0.319. The van der Waals surface area contributed by atoms with E-state index >= 15 is 0 Å². The summed E-state index contributed by atoms with van der Waals surface area (Å²) in [6.07, 6.45) is 0.561. The minimum absolute atomic E-state index is 0.0174. The number of nitrogens with one attached hydrogen (secondary N) is 1. The van der Waals surface area contributed by atoms with Crippen LogP contribution in [0.3, 0.4) is 0 Å². The maximum atomic E-state index is 12.3. The molecule has 9 heteroatoms. The molecule has 1 aromatic heterocycles. The van der Waals surface area contributed by atoms with Gasteiger partial charge in [0.05, 0.1) is 42.7 Å². The average molecular weight is 530 g/mol. The number of hydrogen-bond donors (Lipinski definition) is 2. The summed E-state index contributed by atoms with van der Waals surface area (Å²) in [6.45, 7) is 3.37. The van der Waals surface area contributed by atoms with E-state index in [1.165, 1.54) is 13.8 Å². The third-order valence-corrected chi connectivity index (χ3v) is 6.71. The zero-order chi connectivity index (χ0) is 27.4. The summed E-state index contributed by atoms with van der Waals surface area (Å²) in [5.74, 6) is -0.930. The summed E-state index contributed by atoms with van der Waals surface area (Å²) in [5, 5.41) is 12.2. The number of anilines is 1. The Labute approximate surface area is 226 Å². The number of amides is 1. The Morgan fingerprint density at radius 1 is 1.05 bits per heavy atom. The summed E-state index contributed by atoms with van der Waals surface area (Å²) in [6, 6.07) is 23.0. The molecule has 4 aromatic rings. The van der Waals surface area contributed by atoms with E-state index in [0.29, 0.717) is 18.7 Å². The molecule has 1 saturated heterocycles. The zero-order valence-corrected chi connectivity index (χ0v) is 21.8. The Hall–Kier alpha value is -4.05. The number of benzene rings is 3. The fourth-order valence-electron chi connectivity index (χ4n) is 4.68. The van der Waals surface area contributed by atoms with Crippen LogP contribution in [0.25, 0.3) is 11.0 Å². The molecule has 3 aromatic carbocycles. The highest BCUT2D eigenvalue weighted by atomic mass is 16.7. The van der Waals surface area contributed by atoms with Gasteiger partial charge < -0.3 is 29.2 Å². The van der Waals surface area contributed by atoms with Gasteiger partial charge in [0, 0.05) is 24.6 Å². The Bertz CT molecular complexity index is 1430. The summed E-state index contributed by atoms with van der Waals surface area (Å²) in [4.78, 5) is 28.0. The van der Waals surface area contributed by atoms with E-state index in [9.17, 15) is 14.7 Å². The van der Waals surface area contributed by atoms with Crippen LogP contribution in [-0.4, -0.2) is 38.7 Å². The summed E-state index contributed by atoms with van der Waals surface area (Å²) >= 11 is 0. The molecule has 39 heavy (non-hydrogen) atoms. The summed E-state index contributed by atoms with van der Waals surface area (Å²) in [7, 11) is 0. The SMILES string of the molecule is CC(=O)O[C@@H](C)C(=O)Nc1ccc([C@@H]2O[C@H](Cn3cnc4ccccc43)C[C@H](c3ccc(CO)cc3)O2)cc1. The minimum Gasteiger partial charge on any atom is -0.453 e. The molecular weight excluding hydrogens is 498 g/mol. The highest BCUT2D eigenvalue weighted by molar-refractivity contribution is 5.94. The van der Waals surface area contributed by atoms with Crippen molar-refractivity contribution in [2.75, 3.05) is 5.32 Å². The summed E-state index contributed by atoms with van der Waals surface area (Å²) in [5.41, 5.74) is 5.18. The number of carbonyl (C=O) groups is 2. The van der Waals surface area contributed by atoms with E-state index in [0.717, 1.165) is 27.7 Å². The number of fused-ring (bicyclic) bond motifs is 1. The third-order valence-electron chi connectivity index (χ3n) is 6.71. The van der Waals surface area contributed by atoms with Crippen molar-refractivity contribution in [3.63, 3.8) is 0 Å². The number of rotatable bonds is 8. The molecule has 5 rings (SSSR count). The molecule has 1 fully saturated rings. The van der Waals surface area contributed by atoms with Crippen molar-refractivity contribution in [3.8, 4) is 0 Å². The monoisotopic (exact) mass is 529 g/mol. The molecule has 202 valence electrons. The Morgan fingerprint density at radius 2 is 1.77 bits per heavy atom. The van der Waals surface area contributed by atoms with E-state index in [-0.39, 0.29) is 18.8 Å². The van der Waals surface area contributed by atoms with Crippen molar-refractivity contribution < 1.29 is 28.9 Å². The van der Waals surface area contributed by atoms with Crippen molar-refractivity contribution in [1.29, 1.82) is 0 Å². The van der Waals surface area contributed by atoms with Gasteiger partial charge in [0.15, 0.2) is 12.4 Å². The van der Waals surface area contributed by atoms with Crippen molar-refractivity contribution in [3.05, 3.63) is 95.8 Å². The fourth-order valence-corrected chi connectivity index (χ4v) is 4.68. The molecule has 0 radical (unpaired) electrons. The predicted molar refractivity (Wildman–Crippen MR) is 144 cm³/mol. The maximum Gasteiger partial charge on any atom is 0.303 e. The molecule has 1 amide bonds. The van der Waals surface area contributed by atoms with Crippen LogP contribution in [0.2, 0.25) is 0 Å². The summed E-state index contributed by atoms with van der Waals surface area (Å²) < 4.78 is 19.9. The molecule has 2 N–H and O–H groups in total. The van der Waals surface area contributed by atoms with Gasteiger partial charge >= 0.3 is 5.97 Å². The number of aliphatic hydroxyl groups excluding tert-OH is 1. The number of aliphatic hydroxyl groups is 1. The third kappa shape index (κ3) is 6.34. The normalized spacial score (nSPS) is 19.9. The molecule has 0 aliphatic carbocycles. The second-order valence-electron chi connectivity index (χ2n) is 9.60. The molecule has 0 saturated carbocycles. The van der Waals surface area contributed by atoms with E-state index in [2.05, 4.69) is 14.9 Å². The number of para-hydroxylation sites is 2. The van der Waals surface area contributed by atoms with Crippen LogP contribution in [0.1, 0.15) is 49.4 Å². The van der Waals surface area contributed by atoms with Crippen LogP contribution in [0, 0.1) is 0 Å². The average Bonchev–Trinajstić information content (AvgIpc) is 3.35. The molecule has 0 unspecified atom stereocenters. The van der Waals surface area contributed by atoms with Crippen LogP contribution in [0.5, 0.6) is 0 Å². The molecular formula is C30H31N3O6. The van der Waals surface area contributed by atoms with Gasteiger partial charge in [0.2, 0.25) is 0 Å². The van der Waals surface area contributed by atoms with Gasteiger partial charge in [0.1, 0.15) is 0 Å². The number of aromatic nitrogens is 2. The first-order chi connectivity index (χ1) is 18.9. The smallest absolute Gasteiger partial charge is 0.303 e. The number of imidazole rings is 1. The highest BCUT2D eigenvalue weighted by Crippen LogP contribution is 2.38. The van der Waals surface area contributed by atoms with Gasteiger partial charge in [-0.2, -0.15) is 0 Å². The van der Waals surface area contributed by atoms with Crippen molar-refractivity contribution in [2.45, 2.75) is 58.0 Å². The van der Waals surface area contributed by atoms with Gasteiger partial charge in [-0.15, -0.1) is 0 Å². The number of nitrogens with zero attached hydrogens (tertiary/aromatic N) is 2. The second kappa shape index (κ2) is 11.8. The van der Waals surface area contributed by atoms with Crippen molar-refractivity contribution in [2.24, 2.45) is 0 Å². The Morgan fingerprint density at radius 3 is 2.49 bits per heavy atom. The van der Waals surface area contributed by atoms with Crippen LogP contribution in [0.15, 0.2) is 79.1 Å². The molecule has 1 aliphatic rings. The van der Waals surface area contributed by atoms with Gasteiger partial charge in [-0.3, -0.25) is 9.59 Å². The molecule has 0 bridgehead atoms. The molecule has 0 spiro atoms. The van der Waals surface area contributed by atoms with Crippen LogP contribution in [0.4, 0.5) is 5.69 Å². The number of esters is 1. The molecule has 4 atom stereocenters. The lowest BCUT2D eigenvalue weighted by Gasteiger charge is -2.36. The number of hydrogen-bond acceptors (Lipinski definition) is 7.